The smallest absolute Gasteiger partial charge is 0.0196 e. The van der Waals surface area contributed by atoms with Crippen molar-refractivity contribution in [2.24, 2.45) is 0 Å². The Morgan fingerprint density at radius 3 is 2.80 bits per heavy atom. The molecule has 0 aromatic heterocycles. The zero-order valence-corrected chi connectivity index (χ0v) is 7.96. The maximum absolute atomic E-state index is 3.45. The Morgan fingerprint density at radius 2 is 2.30 bits per heavy atom. The normalized spacial score (nSPS) is 36.3. The molecule has 0 bridgehead atoms. The van der Waals surface area contributed by atoms with Gasteiger partial charge in [-0.25, -0.2) is 0 Å². The molecule has 3 atom stereocenters. The van der Waals surface area contributed by atoms with Gasteiger partial charge in [0.25, 0.3) is 0 Å². The first kappa shape index (κ1) is 8.45. The van der Waals surface area contributed by atoms with Crippen molar-refractivity contribution >= 4 is 9.24 Å². The predicted octanol–water partition coefficient (Wildman–Crippen LogP) is 0.501. The highest BCUT2D eigenvalue weighted by atomic mass is 31.0. The first-order valence-corrected chi connectivity index (χ1v) is 4.73. The lowest BCUT2D eigenvalue weighted by atomic mass is 10.2. The molecule has 0 radical (unpaired) electrons. The topological polar surface area (TPSA) is 15.3 Å². The molecule has 1 saturated heterocycles. The molecule has 1 heterocycles. The SMILES string of the molecule is CC1CN(CP)[C@H](C)CN1. The fourth-order valence-corrected chi connectivity index (χ4v) is 1.86. The number of rotatable bonds is 1. The minimum Gasteiger partial charge on any atom is -0.311 e. The summed E-state index contributed by atoms with van der Waals surface area (Å²) in [5, 5.41) is 3.45. The van der Waals surface area contributed by atoms with E-state index in [2.05, 4.69) is 33.3 Å². The van der Waals surface area contributed by atoms with Crippen molar-refractivity contribution in [1.29, 1.82) is 0 Å². The lowest BCUT2D eigenvalue weighted by molar-refractivity contribution is 0.174. The summed E-state index contributed by atoms with van der Waals surface area (Å²) in [5.74, 6) is 0. The highest BCUT2D eigenvalue weighted by molar-refractivity contribution is 7.16. The molecule has 0 aliphatic carbocycles. The lowest BCUT2D eigenvalue weighted by Crippen LogP contribution is -2.53. The van der Waals surface area contributed by atoms with Crippen LogP contribution in [0.4, 0.5) is 0 Å². The fraction of sp³-hybridized carbons (Fsp3) is 1.00. The largest absolute Gasteiger partial charge is 0.311 e. The van der Waals surface area contributed by atoms with Crippen LogP contribution in [-0.2, 0) is 0 Å². The van der Waals surface area contributed by atoms with Gasteiger partial charge in [-0.1, -0.05) is 0 Å². The molecule has 1 rings (SSSR count). The molecule has 3 heteroatoms. The molecule has 1 fully saturated rings. The number of nitrogens with one attached hydrogen (secondary N) is 1. The molecular weight excluding hydrogens is 143 g/mol. The third-order valence-corrected chi connectivity index (χ3v) is 2.60. The van der Waals surface area contributed by atoms with Crippen LogP contribution >= 0.6 is 9.24 Å². The van der Waals surface area contributed by atoms with Crippen LogP contribution in [0.25, 0.3) is 0 Å². The zero-order chi connectivity index (χ0) is 7.56. The van der Waals surface area contributed by atoms with Crippen LogP contribution in [0.15, 0.2) is 0 Å². The summed E-state index contributed by atoms with van der Waals surface area (Å²) in [4.78, 5) is 2.48. The first-order valence-electron chi connectivity index (χ1n) is 3.91. The lowest BCUT2D eigenvalue weighted by Gasteiger charge is -2.36. The van der Waals surface area contributed by atoms with Crippen LogP contribution in [0, 0.1) is 0 Å². The van der Waals surface area contributed by atoms with E-state index in [1.165, 1.54) is 6.54 Å². The highest BCUT2D eigenvalue weighted by Crippen LogP contribution is 2.07. The monoisotopic (exact) mass is 160 g/mol. The van der Waals surface area contributed by atoms with Gasteiger partial charge in [0.2, 0.25) is 0 Å². The number of hydrogen-bond donors (Lipinski definition) is 1. The van der Waals surface area contributed by atoms with Crippen LogP contribution in [0.1, 0.15) is 13.8 Å². The zero-order valence-electron chi connectivity index (χ0n) is 6.80. The van der Waals surface area contributed by atoms with Crippen LogP contribution in [0.2, 0.25) is 0 Å². The van der Waals surface area contributed by atoms with Gasteiger partial charge in [0.1, 0.15) is 0 Å². The van der Waals surface area contributed by atoms with E-state index in [0.717, 1.165) is 12.8 Å². The second-order valence-corrected chi connectivity index (χ2v) is 3.48. The first-order chi connectivity index (χ1) is 4.74. The molecule has 1 aliphatic heterocycles. The maximum Gasteiger partial charge on any atom is 0.0196 e. The predicted molar refractivity (Wildman–Crippen MR) is 48.2 cm³/mol. The Labute approximate surface area is 65.6 Å². The third-order valence-electron chi connectivity index (χ3n) is 2.13. The van der Waals surface area contributed by atoms with Crippen molar-refractivity contribution in [1.82, 2.24) is 10.2 Å². The van der Waals surface area contributed by atoms with Gasteiger partial charge in [-0.05, 0) is 13.8 Å². The molecule has 1 aliphatic rings. The van der Waals surface area contributed by atoms with E-state index in [1.54, 1.807) is 0 Å². The fourth-order valence-electron chi connectivity index (χ4n) is 1.35. The maximum atomic E-state index is 3.45. The number of nitrogens with zero attached hydrogens (tertiary/aromatic N) is 1. The van der Waals surface area contributed by atoms with Crippen molar-refractivity contribution < 1.29 is 0 Å². The van der Waals surface area contributed by atoms with Gasteiger partial charge >= 0.3 is 0 Å². The van der Waals surface area contributed by atoms with Crippen molar-refractivity contribution in [3.63, 3.8) is 0 Å². The summed E-state index contributed by atoms with van der Waals surface area (Å²) in [7, 11) is 2.78. The van der Waals surface area contributed by atoms with Crippen molar-refractivity contribution in [2.75, 3.05) is 19.4 Å². The standard InChI is InChI=1S/C7H17N2P/c1-6-4-9(5-10)7(2)3-8-6/h6-8H,3-5,10H2,1-2H3/t6?,7-/m1/s1. The summed E-state index contributed by atoms with van der Waals surface area (Å²) in [6, 6.07) is 1.37. The quantitative estimate of drug-likeness (QED) is 0.562. The Hall–Kier alpha value is 0.350. The number of piperazine rings is 1. The summed E-state index contributed by atoms with van der Waals surface area (Å²) in [5.41, 5.74) is 0. The third kappa shape index (κ3) is 1.91. The van der Waals surface area contributed by atoms with Gasteiger partial charge in [-0.3, -0.25) is 4.90 Å². The van der Waals surface area contributed by atoms with Crippen molar-refractivity contribution in [3.8, 4) is 0 Å². The molecule has 1 N–H and O–H groups in total. The molecule has 0 aromatic carbocycles. The van der Waals surface area contributed by atoms with Gasteiger partial charge in [-0.15, -0.1) is 9.24 Å². The molecule has 0 aromatic rings. The van der Waals surface area contributed by atoms with E-state index in [1.807, 2.05) is 0 Å². The van der Waals surface area contributed by atoms with E-state index < -0.39 is 0 Å². The molecule has 0 saturated carbocycles. The second-order valence-electron chi connectivity index (χ2n) is 3.11. The molecular formula is C7H17N2P. The summed E-state index contributed by atoms with van der Waals surface area (Å²) >= 11 is 0. The van der Waals surface area contributed by atoms with E-state index >= 15 is 0 Å². The minimum absolute atomic E-state index is 0.664. The van der Waals surface area contributed by atoms with E-state index in [4.69, 9.17) is 0 Å². The van der Waals surface area contributed by atoms with Crippen molar-refractivity contribution in [2.45, 2.75) is 25.9 Å². The van der Waals surface area contributed by atoms with Gasteiger partial charge in [0, 0.05) is 31.5 Å². The van der Waals surface area contributed by atoms with E-state index in [0.29, 0.717) is 12.1 Å². The van der Waals surface area contributed by atoms with Crippen LogP contribution in [0.5, 0.6) is 0 Å². The van der Waals surface area contributed by atoms with Crippen LogP contribution in [0.3, 0.4) is 0 Å². The molecule has 10 heavy (non-hydrogen) atoms. The second kappa shape index (κ2) is 3.66. The molecule has 0 spiro atoms. The number of hydrogen-bond acceptors (Lipinski definition) is 2. The summed E-state index contributed by atoms with van der Waals surface area (Å²) in [6.07, 6.45) is 1.10. The van der Waals surface area contributed by atoms with Crippen LogP contribution in [-0.4, -0.2) is 36.4 Å². The van der Waals surface area contributed by atoms with Gasteiger partial charge in [-0.2, -0.15) is 0 Å². The molecule has 0 amide bonds. The van der Waals surface area contributed by atoms with E-state index in [9.17, 15) is 0 Å². The summed E-state index contributed by atoms with van der Waals surface area (Å²) < 4.78 is 0. The molecule has 2 unspecified atom stereocenters. The van der Waals surface area contributed by atoms with E-state index in [-0.39, 0.29) is 0 Å². The Morgan fingerprint density at radius 1 is 1.60 bits per heavy atom. The van der Waals surface area contributed by atoms with Gasteiger partial charge in [0.15, 0.2) is 0 Å². The highest BCUT2D eigenvalue weighted by Gasteiger charge is 2.19. The molecule has 60 valence electrons. The average molecular weight is 160 g/mol. The van der Waals surface area contributed by atoms with Gasteiger partial charge < -0.3 is 5.32 Å². The Balaban J connectivity index is 2.38. The van der Waals surface area contributed by atoms with Gasteiger partial charge in [0.05, 0.1) is 0 Å². The average Bonchev–Trinajstić information content (AvgIpc) is 1.94. The Bertz CT molecular complexity index is 108. The van der Waals surface area contributed by atoms with Crippen LogP contribution < -0.4 is 5.32 Å². The van der Waals surface area contributed by atoms with Crippen molar-refractivity contribution in [3.05, 3.63) is 0 Å². The summed E-state index contributed by atoms with van der Waals surface area (Å²) in [6.45, 7) is 6.82. The minimum atomic E-state index is 0.664. The Kier molecular flexibility index (Phi) is 3.09. The molecule has 2 nitrogen and oxygen atoms in total.